The summed E-state index contributed by atoms with van der Waals surface area (Å²) >= 11 is 3.34. The minimum Gasteiger partial charge on any atom is -0.493 e. The fraction of sp³-hybridized carbons (Fsp3) is 0.250. The maximum atomic E-state index is 12.3. The highest BCUT2D eigenvalue weighted by Crippen LogP contribution is 2.27. The van der Waals surface area contributed by atoms with Crippen molar-refractivity contribution in [2.45, 2.75) is 18.2 Å². The molecule has 2 aromatic carbocycles. The fourth-order valence-electron chi connectivity index (χ4n) is 1.97. The highest BCUT2D eigenvalue weighted by atomic mass is 79.9. The van der Waals surface area contributed by atoms with Gasteiger partial charge in [-0.1, -0.05) is 30.3 Å². The van der Waals surface area contributed by atoms with E-state index in [1.807, 2.05) is 37.3 Å². The van der Waals surface area contributed by atoms with E-state index in [9.17, 15) is 8.42 Å². The minimum absolute atomic E-state index is 0.201. The molecule has 2 aromatic rings. The smallest absolute Gasteiger partial charge is 0.240 e. The van der Waals surface area contributed by atoms with E-state index in [0.717, 1.165) is 10.0 Å². The normalized spacial score (nSPS) is 11.4. The van der Waals surface area contributed by atoms with Crippen molar-refractivity contribution in [2.75, 3.05) is 13.2 Å². The van der Waals surface area contributed by atoms with Gasteiger partial charge in [-0.2, -0.15) is 0 Å². The first kappa shape index (κ1) is 17.0. The molecule has 0 radical (unpaired) electrons. The van der Waals surface area contributed by atoms with Crippen molar-refractivity contribution in [1.29, 1.82) is 0 Å². The fourth-order valence-corrected chi connectivity index (χ4v) is 3.38. The summed E-state index contributed by atoms with van der Waals surface area (Å²) in [6.45, 7) is 2.68. The summed E-state index contributed by atoms with van der Waals surface area (Å²) in [6.07, 6.45) is 0.648. The summed E-state index contributed by atoms with van der Waals surface area (Å²) in [4.78, 5) is 0.201. The van der Waals surface area contributed by atoms with E-state index < -0.39 is 10.0 Å². The summed E-state index contributed by atoms with van der Waals surface area (Å²) < 4.78 is 33.4. The molecule has 0 aromatic heterocycles. The van der Waals surface area contributed by atoms with Crippen LogP contribution in [0, 0.1) is 0 Å². The number of ether oxygens (including phenoxy) is 1. The maximum absolute atomic E-state index is 12.3. The van der Waals surface area contributed by atoms with E-state index >= 15 is 0 Å². The van der Waals surface area contributed by atoms with Crippen LogP contribution in [-0.4, -0.2) is 21.6 Å². The quantitative estimate of drug-likeness (QED) is 0.797. The Labute approximate surface area is 139 Å². The average Bonchev–Trinajstić information content (AvgIpc) is 2.50. The molecule has 0 bridgehead atoms. The Morgan fingerprint density at radius 2 is 1.86 bits per heavy atom. The SMILES string of the molecule is CCOc1cc(S(=O)(=O)NCCc2ccccc2)ccc1Br. The van der Waals surface area contributed by atoms with E-state index in [1.165, 1.54) is 6.07 Å². The second-order valence-corrected chi connectivity index (χ2v) is 7.28. The first-order chi connectivity index (χ1) is 10.5. The van der Waals surface area contributed by atoms with E-state index in [2.05, 4.69) is 20.7 Å². The number of benzene rings is 2. The van der Waals surface area contributed by atoms with Gasteiger partial charge in [0.2, 0.25) is 10.0 Å². The molecule has 0 saturated carbocycles. The zero-order valence-corrected chi connectivity index (χ0v) is 14.7. The standard InChI is InChI=1S/C16H18BrNO3S/c1-2-21-16-12-14(8-9-15(16)17)22(19,20)18-11-10-13-6-4-3-5-7-13/h3-9,12,18H,2,10-11H2,1H3. The zero-order chi connectivity index (χ0) is 16.0. The molecular formula is C16H18BrNO3S. The van der Waals surface area contributed by atoms with Crippen LogP contribution in [0.25, 0.3) is 0 Å². The van der Waals surface area contributed by atoms with Crippen LogP contribution in [0.4, 0.5) is 0 Å². The number of hydrogen-bond donors (Lipinski definition) is 1. The number of hydrogen-bond acceptors (Lipinski definition) is 3. The molecule has 0 heterocycles. The first-order valence-electron chi connectivity index (χ1n) is 6.99. The molecule has 0 aliphatic rings. The molecule has 1 N–H and O–H groups in total. The topological polar surface area (TPSA) is 55.4 Å². The molecular weight excluding hydrogens is 366 g/mol. The molecule has 0 fully saturated rings. The summed E-state index contributed by atoms with van der Waals surface area (Å²) in [7, 11) is -3.54. The maximum Gasteiger partial charge on any atom is 0.240 e. The lowest BCUT2D eigenvalue weighted by atomic mass is 10.2. The van der Waals surface area contributed by atoms with Gasteiger partial charge in [-0.15, -0.1) is 0 Å². The van der Waals surface area contributed by atoms with Crippen LogP contribution < -0.4 is 9.46 Å². The lowest BCUT2D eigenvalue weighted by Crippen LogP contribution is -2.26. The Balaban J connectivity index is 2.05. The Morgan fingerprint density at radius 3 is 2.55 bits per heavy atom. The van der Waals surface area contributed by atoms with Crippen molar-refractivity contribution in [1.82, 2.24) is 4.72 Å². The molecule has 0 spiro atoms. The molecule has 2 rings (SSSR count). The molecule has 118 valence electrons. The Hall–Kier alpha value is -1.37. The van der Waals surface area contributed by atoms with Crippen molar-refractivity contribution < 1.29 is 13.2 Å². The van der Waals surface area contributed by atoms with Gasteiger partial charge in [-0.05, 0) is 47.0 Å². The molecule has 0 amide bonds. The van der Waals surface area contributed by atoms with E-state index in [4.69, 9.17) is 4.74 Å². The Kier molecular flexibility index (Phi) is 5.99. The predicted octanol–water partition coefficient (Wildman–Crippen LogP) is 3.37. The molecule has 0 atom stereocenters. The lowest BCUT2D eigenvalue weighted by Gasteiger charge is -2.10. The molecule has 6 heteroatoms. The van der Waals surface area contributed by atoms with E-state index in [0.29, 0.717) is 25.3 Å². The second kappa shape index (κ2) is 7.76. The van der Waals surface area contributed by atoms with Crippen LogP contribution in [0.5, 0.6) is 5.75 Å². The largest absolute Gasteiger partial charge is 0.493 e. The highest BCUT2D eigenvalue weighted by Gasteiger charge is 2.15. The molecule has 0 aliphatic heterocycles. The lowest BCUT2D eigenvalue weighted by molar-refractivity contribution is 0.337. The van der Waals surface area contributed by atoms with Crippen LogP contribution >= 0.6 is 15.9 Å². The third-order valence-corrected chi connectivity index (χ3v) is 5.18. The number of sulfonamides is 1. The second-order valence-electron chi connectivity index (χ2n) is 4.66. The van der Waals surface area contributed by atoms with Crippen LogP contribution in [0.2, 0.25) is 0 Å². The Morgan fingerprint density at radius 1 is 1.14 bits per heavy atom. The Bertz CT molecular complexity index is 717. The van der Waals surface area contributed by atoms with Crippen molar-refractivity contribution >= 4 is 26.0 Å². The molecule has 0 unspecified atom stereocenters. The van der Waals surface area contributed by atoms with Gasteiger partial charge in [0, 0.05) is 12.6 Å². The van der Waals surface area contributed by atoms with Crippen molar-refractivity contribution in [3.8, 4) is 5.75 Å². The summed E-state index contributed by atoms with van der Waals surface area (Å²) in [5, 5.41) is 0. The summed E-state index contributed by atoms with van der Waals surface area (Å²) in [5.74, 6) is 0.522. The monoisotopic (exact) mass is 383 g/mol. The van der Waals surface area contributed by atoms with Gasteiger partial charge >= 0.3 is 0 Å². The first-order valence-corrected chi connectivity index (χ1v) is 9.26. The van der Waals surface area contributed by atoms with Gasteiger partial charge in [0.05, 0.1) is 16.0 Å². The summed E-state index contributed by atoms with van der Waals surface area (Å²) in [5.41, 5.74) is 1.09. The van der Waals surface area contributed by atoms with Crippen molar-refractivity contribution in [3.63, 3.8) is 0 Å². The number of halogens is 1. The molecule has 22 heavy (non-hydrogen) atoms. The van der Waals surface area contributed by atoms with E-state index in [1.54, 1.807) is 12.1 Å². The minimum atomic E-state index is -3.54. The average molecular weight is 384 g/mol. The zero-order valence-electron chi connectivity index (χ0n) is 12.3. The number of nitrogens with one attached hydrogen (secondary N) is 1. The molecule has 4 nitrogen and oxygen atoms in total. The van der Waals surface area contributed by atoms with Gasteiger partial charge in [0.15, 0.2) is 0 Å². The van der Waals surface area contributed by atoms with Gasteiger partial charge < -0.3 is 4.74 Å². The van der Waals surface area contributed by atoms with Gasteiger partial charge in [0.1, 0.15) is 5.75 Å². The predicted molar refractivity (Wildman–Crippen MR) is 90.6 cm³/mol. The van der Waals surface area contributed by atoms with Crippen molar-refractivity contribution in [3.05, 3.63) is 58.6 Å². The van der Waals surface area contributed by atoms with Crippen LogP contribution in [0.15, 0.2) is 57.9 Å². The third-order valence-electron chi connectivity index (χ3n) is 3.06. The van der Waals surface area contributed by atoms with Gasteiger partial charge in [0.25, 0.3) is 0 Å². The number of rotatable bonds is 7. The summed E-state index contributed by atoms with van der Waals surface area (Å²) in [6, 6.07) is 14.5. The van der Waals surface area contributed by atoms with Crippen LogP contribution in [-0.2, 0) is 16.4 Å². The van der Waals surface area contributed by atoms with Crippen LogP contribution in [0.1, 0.15) is 12.5 Å². The van der Waals surface area contributed by atoms with Crippen molar-refractivity contribution in [2.24, 2.45) is 0 Å². The molecule has 0 aliphatic carbocycles. The van der Waals surface area contributed by atoms with Gasteiger partial charge in [-0.3, -0.25) is 0 Å². The van der Waals surface area contributed by atoms with Crippen LogP contribution in [0.3, 0.4) is 0 Å². The third kappa shape index (κ3) is 4.56. The highest BCUT2D eigenvalue weighted by molar-refractivity contribution is 9.10. The van der Waals surface area contributed by atoms with E-state index in [-0.39, 0.29) is 4.90 Å². The molecule has 0 saturated heterocycles. The van der Waals surface area contributed by atoms with Gasteiger partial charge in [-0.25, -0.2) is 13.1 Å².